The lowest BCUT2D eigenvalue weighted by atomic mass is 9.92. The topological polar surface area (TPSA) is 155 Å². The van der Waals surface area contributed by atoms with Gasteiger partial charge >= 0.3 is 5.97 Å². The summed E-state index contributed by atoms with van der Waals surface area (Å²) in [5.74, 6) is -1.68. The molecule has 0 radical (unpaired) electrons. The Balaban J connectivity index is 2.05. The van der Waals surface area contributed by atoms with Crippen LogP contribution in [0.3, 0.4) is 0 Å². The minimum Gasteiger partial charge on any atom is -0.496 e. The van der Waals surface area contributed by atoms with Crippen molar-refractivity contribution in [3.05, 3.63) is 82.9 Å². The molecule has 9 heteroatoms. The number of amidine groups is 1. The van der Waals surface area contributed by atoms with E-state index in [1.165, 1.54) is 25.3 Å². The molecular weight excluding hydrogens is 460 g/mol. The van der Waals surface area contributed by atoms with Gasteiger partial charge in [0.2, 0.25) is 0 Å². The first kappa shape index (κ1) is 26.0. The number of carbonyl (C=O) groups excluding carboxylic acids is 2. The minimum absolute atomic E-state index is 0.0921. The molecule has 36 heavy (non-hydrogen) atoms. The maximum atomic E-state index is 13.3. The largest absolute Gasteiger partial charge is 0.496 e. The molecule has 0 aromatic heterocycles. The first-order valence-corrected chi connectivity index (χ1v) is 11.2. The fraction of sp³-hybridized carbons (Fsp3) is 0.185. The van der Waals surface area contributed by atoms with Crippen LogP contribution in [-0.4, -0.2) is 42.4 Å². The molecule has 9 nitrogen and oxygen atoms in total. The van der Waals surface area contributed by atoms with Crippen molar-refractivity contribution in [3.8, 4) is 16.9 Å². The van der Waals surface area contributed by atoms with Crippen molar-refractivity contribution in [1.82, 2.24) is 5.32 Å². The Morgan fingerprint density at radius 3 is 2.22 bits per heavy atom. The molecule has 0 heterocycles. The molecule has 3 rings (SSSR count). The van der Waals surface area contributed by atoms with Gasteiger partial charge in [0.25, 0.3) is 11.8 Å². The van der Waals surface area contributed by atoms with E-state index in [0.717, 1.165) is 0 Å². The van der Waals surface area contributed by atoms with E-state index in [9.17, 15) is 19.5 Å². The Morgan fingerprint density at radius 1 is 0.972 bits per heavy atom. The highest BCUT2D eigenvalue weighted by Crippen LogP contribution is 2.36. The maximum absolute atomic E-state index is 13.3. The van der Waals surface area contributed by atoms with Gasteiger partial charge in [-0.3, -0.25) is 15.0 Å². The predicted molar refractivity (Wildman–Crippen MR) is 138 cm³/mol. The van der Waals surface area contributed by atoms with Crippen LogP contribution in [0, 0.1) is 11.3 Å². The maximum Gasteiger partial charge on any atom is 0.336 e. The lowest BCUT2D eigenvalue weighted by molar-refractivity contribution is 0.0697. The van der Waals surface area contributed by atoms with Gasteiger partial charge in [-0.2, -0.15) is 0 Å². The average molecular weight is 489 g/mol. The summed E-state index contributed by atoms with van der Waals surface area (Å²) >= 11 is 0. The second kappa shape index (κ2) is 11.2. The quantitative estimate of drug-likeness (QED) is 0.227. The molecule has 0 bridgehead atoms. The second-order valence-corrected chi connectivity index (χ2v) is 8.50. The third kappa shape index (κ3) is 5.87. The molecule has 0 aliphatic rings. The summed E-state index contributed by atoms with van der Waals surface area (Å²) in [6, 6.07) is 15.6. The standard InChI is InChI=1S/C27H28N4O5/c1-15(2)14-30-25(32)17-9-12-19(21(13-17)27(34)35)23-20(5-4-6-22(23)36-3)26(33)31-18-10-7-16(8-11-18)24(28)29/h4-13,15H,14H2,1-3H3,(H3,28,29)(H,30,32)(H,31,33)(H,34,35). The van der Waals surface area contributed by atoms with E-state index in [-0.39, 0.29) is 45.5 Å². The highest BCUT2D eigenvalue weighted by molar-refractivity contribution is 6.12. The first-order valence-electron chi connectivity index (χ1n) is 11.2. The van der Waals surface area contributed by atoms with Crippen molar-refractivity contribution in [1.29, 1.82) is 5.41 Å². The number of nitrogens with one attached hydrogen (secondary N) is 3. The van der Waals surface area contributed by atoms with Crippen molar-refractivity contribution in [2.45, 2.75) is 13.8 Å². The van der Waals surface area contributed by atoms with Crippen LogP contribution in [0.4, 0.5) is 5.69 Å². The van der Waals surface area contributed by atoms with Crippen LogP contribution in [0.1, 0.15) is 50.5 Å². The number of ether oxygens (including phenoxy) is 1. The fourth-order valence-corrected chi connectivity index (χ4v) is 3.58. The van der Waals surface area contributed by atoms with Crippen LogP contribution in [0.2, 0.25) is 0 Å². The van der Waals surface area contributed by atoms with Crippen LogP contribution < -0.4 is 21.1 Å². The lowest BCUT2D eigenvalue weighted by Crippen LogP contribution is -2.27. The van der Waals surface area contributed by atoms with Gasteiger partial charge in [-0.25, -0.2) is 4.79 Å². The summed E-state index contributed by atoms with van der Waals surface area (Å²) in [6.07, 6.45) is 0. The highest BCUT2D eigenvalue weighted by Gasteiger charge is 2.23. The summed E-state index contributed by atoms with van der Waals surface area (Å²) < 4.78 is 5.47. The zero-order valence-corrected chi connectivity index (χ0v) is 20.2. The summed E-state index contributed by atoms with van der Waals surface area (Å²) in [6.45, 7) is 4.36. The van der Waals surface area contributed by atoms with Crippen molar-refractivity contribution in [2.24, 2.45) is 11.7 Å². The van der Waals surface area contributed by atoms with Crippen LogP contribution in [0.25, 0.3) is 11.1 Å². The Labute approximate surface area is 208 Å². The summed E-state index contributed by atoms with van der Waals surface area (Å²) in [5, 5.41) is 23.0. The number of carboxylic acids is 1. The van der Waals surface area contributed by atoms with Crippen molar-refractivity contribution in [2.75, 3.05) is 19.0 Å². The first-order chi connectivity index (χ1) is 17.1. The molecule has 2 amide bonds. The molecule has 0 saturated carbocycles. The van der Waals surface area contributed by atoms with E-state index >= 15 is 0 Å². The number of hydrogen-bond acceptors (Lipinski definition) is 5. The van der Waals surface area contributed by atoms with Gasteiger partial charge in [0.1, 0.15) is 11.6 Å². The van der Waals surface area contributed by atoms with Crippen molar-refractivity contribution in [3.63, 3.8) is 0 Å². The number of nitrogens with two attached hydrogens (primary N) is 1. The van der Waals surface area contributed by atoms with Gasteiger partial charge in [-0.05, 0) is 54.4 Å². The average Bonchev–Trinajstić information content (AvgIpc) is 2.86. The van der Waals surface area contributed by atoms with Crippen LogP contribution in [0.5, 0.6) is 5.75 Å². The fourth-order valence-electron chi connectivity index (χ4n) is 3.58. The molecular formula is C27H28N4O5. The van der Waals surface area contributed by atoms with Gasteiger partial charge in [-0.1, -0.05) is 26.0 Å². The Hall–Kier alpha value is -4.66. The number of benzene rings is 3. The normalized spacial score (nSPS) is 10.6. The monoisotopic (exact) mass is 488 g/mol. The molecule has 3 aromatic rings. The van der Waals surface area contributed by atoms with E-state index in [1.54, 1.807) is 42.5 Å². The summed E-state index contributed by atoms with van der Waals surface area (Å²) in [5.41, 5.74) is 7.21. The molecule has 0 spiro atoms. The molecule has 0 saturated heterocycles. The minimum atomic E-state index is -1.25. The van der Waals surface area contributed by atoms with Crippen molar-refractivity contribution < 1.29 is 24.2 Å². The van der Waals surface area contributed by atoms with E-state index in [2.05, 4.69) is 10.6 Å². The number of anilines is 1. The second-order valence-electron chi connectivity index (χ2n) is 8.50. The molecule has 3 aromatic carbocycles. The highest BCUT2D eigenvalue weighted by atomic mass is 16.5. The lowest BCUT2D eigenvalue weighted by Gasteiger charge is -2.17. The van der Waals surface area contributed by atoms with Crippen LogP contribution >= 0.6 is 0 Å². The Morgan fingerprint density at radius 2 is 1.64 bits per heavy atom. The van der Waals surface area contributed by atoms with Crippen LogP contribution in [0.15, 0.2) is 60.7 Å². The molecule has 0 aliphatic carbocycles. The summed E-state index contributed by atoms with van der Waals surface area (Å²) in [7, 11) is 1.43. The smallest absolute Gasteiger partial charge is 0.336 e. The van der Waals surface area contributed by atoms with Gasteiger partial charge in [-0.15, -0.1) is 0 Å². The van der Waals surface area contributed by atoms with E-state index in [0.29, 0.717) is 23.5 Å². The number of amides is 2. The predicted octanol–water partition coefficient (Wildman–Crippen LogP) is 3.98. The van der Waals surface area contributed by atoms with Gasteiger partial charge in [0.15, 0.2) is 0 Å². The van der Waals surface area contributed by atoms with Gasteiger partial charge < -0.3 is 26.2 Å². The Kier molecular flexibility index (Phi) is 8.06. The molecule has 6 N–H and O–H groups in total. The Bertz CT molecular complexity index is 1320. The SMILES string of the molecule is COc1cccc(C(=O)Nc2ccc(C(=N)N)cc2)c1-c1ccc(C(=O)NCC(C)C)cc1C(=O)O. The van der Waals surface area contributed by atoms with E-state index < -0.39 is 11.9 Å². The zero-order chi connectivity index (χ0) is 26.4. The summed E-state index contributed by atoms with van der Waals surface area (Å²) in [4.78, 5) is 38.0. The van der Waals surface area contributed by atoms with E-state index in [4.69, 9.17) is 15.9 Å². The van der Waals surface area contributed by atoms with Gasteiger partial charge in [0.05, 0.1) is 18.2 Å². The molecule has 0 aliphatic heterocycles. The third-order valence-electron chi connectivity index (χ3n) is 5.40. The number of nitrogen functional groups attached to an aromatic ring is 1. The number of rotatable bonds is 9. The number of aromatic carboxylic acids is 1. The van der Waals surface area contributed by atoms with Crippen molar-refractivity contribution >= 4 is 29.3 Å². The number of carbonyl (C=O) groups is 3. The van der Waals surface area contributed by atoms with Crippen LogP contribution in [-0.2, 0) is 0 Å². The van der Waals surface area contributed by atoms with E-state index in [1.807, 2.05) is 13.8 Å². The number of hydrogen-bond donors (Lipinski definition) is 5. The molecule has 186 valence electrons. The molecule has 0 unspecified atom stereocenters. The molecule has 0 fully saturated rings. The third-order valence-corrected chi connectivity index (χ3v) is 5.40. The number of methoxy groups -OCH3 is 1. The zero-order valence-electron chi connectivity index (χ0n) is 20.2. The molecule has 0 atom stereocenters. The number of carboxylic acid groups (broad SMARTS) is 1. The van der Waals surface area contributed by atoms with Gasteiger partial charge in [0, 0.05) is 34.5 Å².